The lowest BCUT2D eigenvalue weighted by Crippen LogP contribution is -2.36. The zero-order chi connectivity index (χ0) is 14.8. The van der Waals surface area contributed by atoms with E-state index >= 15 is 0 Å². The predicted molar refractivity (Wildman–Crippen MR) is 76.9 cm³/mol. The highest BCUT2D eigenvalue weighted by atomic mass is 16.5. The molecule has 1 saturated carbocycles. The first-order chi connectivity index (χ1) is 10.1. The van der Waals surface area contributed by atoms with Gasteiger partial charge in [-0.2, -0.15) is 0 Å². The lowest BCUT2D eigenvalue weighted by Gasteiger charge is -2.22. The van der Waals surface area contributed by atoms with E-state index in [0.29, 0.717) is 12.4 Å². The highest BCUT2D eigenvalue weighted by Crippen LogP contribution is 2.29. The molecule has 1 aromatic heterocycles. The smallest absolute Gasteiger partial charge is 0.324 e. The zero-order valence-electron chi connectivity index (χ0n) is 11.7. The Balaban J connectivity index is 1.70. The van der Waals surface area contributed by atoms with Crippen LogP contribution in [-0.2, 0) is 6.54 Å². The molecule has 2 aromatic rings. The zero-order valence-corrected chi connectivity index (χ0v) is 11.7. The Morgan fingerprint density at radius 3 is 2.90 bits per heavy atom. The van der Waals surface area contributed by atoms with Crippen LogP contribution in [0.1, 0.15) is 24.1 Å². The minimum absolute atomic E-state index is 0.203. The Morgan fingerprint density at radius 1 is 1.48 bits per heavy atom. The van der Waals surface area contributed by atoms with Gasteiger partial charge in [-0.1, -0.05) is 17.3 Å². The topological polar surface area (TPSA) is 78.6 Å². The van der Waals surface area contributed by atoms with E-state index in [1.54, 1.807) is 36.1 Å². The van der Waals surface area contributed by atoms with Gasteiger partial charge in [0.25, 0.3) is 0 Å². The normalized spacial score (nSPS) is 14.0. The summed E-state index contributed by atoms with van der Waals surface area (Å²) >= 11 is 0. The molecule has 110 valence electrons. The van der Waals surface area contributed by atoms with Crippen LogP contribution in [0.5, 0.6) is 5.75 Å². The van der Waals surface area contributed by atoms with E-state index in [1.165, 1.54) is 0 Å². The number of hydrogen-bond acceptors (Lipinski definition) is 4. The SMILES string of the molecule is Cc1cc(NC(=O)N(Cc2cccc(O)c2)C2CC2)on1. The number of phenols is 1. The van der Waals surface area contributed by atoms with Crippen molar-refractivity contribution in [1.29, 1.82) is 0 Å². The van der Waals surface area contributed by atoms with Gasteiger partial charge in [-0.3, -0.25) is 5.32 Å². The van der Waals surface area contributed by atoms with Gasteiger partial charge < -0.3 is 14.5 Å². The highest BCUT2D eigenvalue weighted by Gasteiger charge is 2.33. The number of benzene rings is 1. The second-order valence-electron chi connectivity index (χ2n) is 5.29. The Kier molecular flexibility index (Phi) is 3.51. The molecule has 0 radical (unpaired) electrons. The Labute approximate surface area is 122 Å². The summed E-state index contributed by atoms with van der Waals surface area (Å²) in [5.74, 6) is 0.550. The third kappa shape index (κ3) is 3.34. The molecule has 0 bridgehead atoms. The average Bonchev–Trinajstić information content (AvgIpc) is 3.20. The Morgan fingerprint density at radius 2 is 2.29 bits per heavy atom. The number of urea groups is 1. The molecule has 1 heterocycles. The van der Waals surface area contributed by atoms with Gasteiger partial charge in [0.1, 0.15) is 5.75 Å². The van der Waals surface area contributed by atoms with Gasteiger partial charge in [0.05, 0.1) is 5.69 Å². The van der Waals surface area contributed by atoms with Crippen LogP contribution >= 0.6 is 0 Å². The van der Waals surface area contributed by atoms with Crippen molar-refractivity contribution in [2.24, 2.45) is 0 Å². The summed E-state index contributed by atoms with van der Waals surface area (Å²) in [5.41, 5.74) is 1.61. The molecular formula is C15H17N3O3. The van der Waals surface area contributed by atoms with Crippen molar-refractivity contribution < 1.29 is 14.4 Å². The molecule has 0 saturated heterocycles. The summed E-state index contributed by atoms with van der Waals surface area (Å²) in [4.78, 5) is 14.1. The van der Waals surface area contributed by atoms with E-state index in [4.69, 9.17) is 4.52 Å². The fourth-order valence-corrected chi connectivity index (χ4v) is 2.20. The van der Waals surface area contributed by atoms with Crippen LogP contribution in [0, 0.1) is 6.92 Å². The van der Waals surface area contributed by atoms with E-state index < -0.39 is 0 Å². The van der Waals surface area contributed by atoms with E-state index in [1.807, 2.05) is 6.07 Å². The number of amides is 2. The maximum atomic E-state index is 12.4. The second kappa shape index (κ2) is 5.47. The maximum absolute atomic E-state index is 12.4. The minimum atomic E-state index is -0.211. The number of rotatable bonds is 4. The standard InChI is InChI=1S/C15H17N3O3/c1-10-7-14(21-17-10)16-15(20)18(12-5-6-12)9-11-3-2-4-13(19)8-11/h2-4,7-8,12,19H,5-6,9H2,1H3,(H,16,20). The molecule has 1 fully saturated rings. The maximum Gasteiger partial charge on any atom is 0.324 e. The van der Waals surface area contributed by atoms with Crippen LogP contribution in [0.3, 0.4) is 0 Å². The number of aromatic hydroxyl groups is 1. The van der Waals surface area contributed by atoms with Gasteiger partial charge in [-0.05, 0) is 37.5 Å². The van der Waals surface area contributed by atoms with Crippen LogP contribution in [-0.4, -0.2) is 27.2 Å². The molecule has 6 heteroatoms. The summed E-state index contributed by atoms with van der Waals surface area (Å²) in [5, 5.41) is 16.0. The van der Waals surface area contributed by atoms with E-state index in [2.05, 4.69) is 10.5 Å². The van der Waals surface area contributed by atoms with E-state index in [9.17, 15) is 9.90 Å². The first kappa shape index (κ1) is 13.5. The molecule has 1 aliphatic rings. The molecular weight excluding hydrogens is 270 g/mol. The summed E-state index contributed by atoms with van der Waals surface area (Å²) in [7, 11) is 0. The van der Waals surface area contributed by atoms with Gasteiger partial charge >= 0.3 is 6.03 Å². The van der Waals surface area contributed by atoms with Gasteiger partial charge in [0, 0.05) is 18.7 Å². The molecule has 0 atom stereocenters. The molecule has 21 heavy (non-hydrogen) atoms. The monoisotopic (exact) mass is 287 g/mol. The van der Waals surface area contributed by atoms with Gasteiger partial charge in [-0.25, -0.2) is 4.79 Å². The number of anilines is 1. The molecule has 0 unspecified atom stereocenters. The quantitative estimate of drug-likeness (QED) is 0.906. The minimum Gasteiger partial charge on any atom is -0.508 e. The van der Waals surface area contributed by atoms with Crippen molar-refractivity contribution in [1.82, 2.24) is 10.1 Å². The number of aromatic nitrogens is 1. The van der Waals surface area contributed by atoms with Gasteiger partial charge in [0.15, 0.2) is 0 Å². The Bertz CT molecular complexity index is 649. The average molecular weight is 287 g/mol. The second-order valence-corrected chi connectivity index (χ2v) is 5.29. The molecule has 2 amide bonds. The van der Waals surface area contributed by atoms with E-state index in [-0.39, 0.29) is 17.8 Å². The number of carbonyl (C=O) groups excluding carboxylic acids is 1. The van der Waals surface area contributed by atoms with E-state index in [0.717, 1.165) is 24.1 Å². The van der Waals surface area contributed by atoms with Crippen molar-refractivity contribution in [2.75, 3.05) is 5.32 Å². The highest BCUT2D eigenvalue weighted by molar-refractivity contribution is 5.88. The van der Waals surface area contributed by atoms with Crippen LogP contribution in [0.15, 0.2) is 34.9 Å². The molecule has 6 nitrogen and oxygen atoms in total. The molecule has 0 spiro atoms. The first-order valence-electron chi connectivity index (χ1n) is 6.90. The van der Waals surface area contributed by atoms with Crippen LogP contribution in [0.4, 0.5) is 10.7 Å². The third-order valence-corrected chi connectivity index (χ3v) is 3.37. The number of nitrogens with zero attached hydrogens (tertiary/aromatic N) is 2. The van der Waals surface area contributed by atoms with Crippen molar-refractivity contribution in [3.63, 3.8) is 0 Å². The molecule has 3 rings (SSSR count). The lowest BCUT2D eigenvalue weighted by atomic mass is 10.2. The van der Waals surface area contributed by atoms with Crippen LogP contribution in [0.2, 0.25) is 0 Å². The van der Waals surface area contributed by atoms with Gasteiger partial charge in [-0.15, -0.1) is 0 Å². The summed E-state index contributed by atoms with van der Waals surface area (Å²) < 4.78 is 5.01. The number of aryl methyl sites for hydroxylation is 1. The summed E-state index contributed by atoms with van der Waals surface area (Å²) in [6.45, 7) is 2.25. The summed E-state index contributed by atoms with van der Waals surface area (Å²) in [6.07, 6.45) is 2.00. The molecule has 1 aliphatic carbocycles. The van der Waals surface area contributed by atoms with Crippen molar-refractivity contribution >= 4 is 11.9 Å². The predicted octanol–water partition coefficient (Wildman–Crippen LogP) is 2.89. The fourth-order valence-electron chi connectivity index (χ4n) is 2.20. The first-order valence-corrected chi connectivity index (χ1v) is 6.90. The number of phenolic OH excluding ortho intramolecular Hbond substituents is 1. The summed E-state index contributed by atoms with van der Waals surface area (Å²) in [6, 6.07) is 8.66. The number of carbonyl (C=O) groups is 1. The van der Waals surface area contributed by atoms with Crippen molar-refractivity contribution in [3.8, 4) is 5.75 Å². The largest absolute Gasteiger partial charge is 0.508 e. The van der Waals surface area contributed by atoms with Crippen LogP contribution < -0.4 is 5.32 Å². The van der Waals surface area contributed by atoms with Gasteiger partial charge in [0.2, 0.25) is 5.88 Å². The fraction of sp³-hybridized carbons (Fsp3) is 0.333. The number of nitrogens with one attached hydrogen (secondary N) is 1. The van der Waals surface area contributed by atoms with Crippen molar-refractivity contribution in [2.45, 2.75) is 32.4 Å². The van der Waals surface area contributed by atoms with Crippen LogP contribution in [0.25, 0.3) is 0 Å². The molecule has 2 N–H and O–H groups in total. The van der Waals surface area contributed by atoms with Crippen molar-refractivity contribution in [3.05, 3.63) is 41.6 Å². The lowest BCUT2D eigenvalue weighted by molar-refractivity contribution is 0.205. The molecule has 0 aliphatic heterocycles. The Hall–Kier alpha value is -2.50. The third-order valence-electron chi connectivity index (χ3n) is 3.37. The number of hydrogen-bond donors (Lipinski definition) is 2. The molecule has 1 aromatic carbocycles.